The molecule has 0 bridgehead atoms. The number of rotatable bonds is 4. The Morgan fingerprint density at radius 1 is 1.15 bits per heavy atom. The molecule has 4 rings (SSSR count). The van der Waals surface area contributed by atoms with Crippen LogP contribution in [0.1, 0.15) is 52.2 Å². The molecular weight excluding hydrogens is 340 g/mol. The van der Waals surface area contributed by atoms with Crippen LogP contribution in [0, 0.1) is 6.92 Å². The zero-order chi connectivity index (χ0) is 18.6. The highest BCUT2D eigenvalue weighted by molar-refractivity contribution is 5.92. The zero-order valence-corrected chi connectivity index (χ0v) is 15.3. The van der Waals surface area contributed by atoms with Gasteiger partial charge in [-0.2, -0.15) is 0 Å². The Labute approximate surface area is 158 Å². The van der Waals surface area contributed by atoms with Crippen LogP contribution >= 0.6 is 0 Å². The molecule has 3 heterocycles. The molecule has 27 heavy (non-hydrogen) atoms. The number of hydrogen-bond acceptors (Lipinski definition) is 5. The van der Waals surface area contributed by atoms with Crippen LogP contribution in [-0.4, -0.2) is 38.8 Å². The molecule has 0 unspecified atom stereocenters. The third-order valence-corrected chi connectivity index (χ3v) is 4.85. The summed E-state index contributed by atoms with van der Waals surface area (Å²) in [6, 6.07) is 10.2. The second-order valence-electron chi connectivity index (χ2n) is 6.96. The van der Waals surface area contributed by atoms with Gasteiger partial charge in [-0.1, -0.05) is 30.3 Å². The molecule has 1 saturated heterocycles. The summed E-state index contributed by atoms with van der Waals surface area (Å²) in [4.78, 5) is 27.4. The highest BCUT2D eigenvalue weighted by atomic mass is 16.4. The van der Waals surface area contributed by atoms with Crippen molar-refractivity contribution in [2.75, 3.05) is 13.1 Å². The predicted octanol–water partition coefficient (Wildman–Crippen LogP) is 3.38. The smallest absolute Gasteiger partial charge is 0.274 e. The predicted molar refractivity (Wildman–Crippen MR) is 100 cm³/mol. The Morgan fingerprint density at radius 2 is 2.00 bits per heavy atom. The van der Waals surface area contributed by atoms with Crippen LogP contribution in [0.2, 0.25) is 0 Å². The quantitative estimate of drug-likeness (QED) is 0.711. The molecule has 0 aliphatic carbocycles. The van der Waals surface area contributed by atoms with Gasteiger partial charge in [-0.3, -0.25) is 9.78 Å². The Kier molecular flexibility index (Phi) is 4.96. The van der Waals surface area contributed by atoms with Crippen LogP contribution in [0.25, 0.3) is 0 Å². The van der Waals surface area contributed by atoms with E-state index < -0.39 is 0 Å². The summed E-state index contributed by atoms with van der Waals surface area (Å²) in [6.07, 6.45) is 7.58. The van der Waals surface area contributed by atoms with Crippen molar-refractivity contribution in [1.29, 1.82) is 0 Å². The fourth-order valence-electron chi connectivity index (χ4n) is 3.42. The van der Waals surface area contributed by atoms with Crippen molar-refractivity contribution in [2.24, 2.45) is 0 Å². The van der Waals surface area contributed by atoms with Crippen LogP contribution in [0.5, 0.6) is 0 Å². The van der Waals surface area contributed by atoms with E-state index in [9.17, 15) is 4.79 Å². The molecule has 138 valence electrons. The van der Waals surface area contributed by atoms with Crippen LogP contribution in [-0.2, 0) is 6.42 Å². The summed E-state index contributed by atoms with van der Waals surface area (Å²) in [5.74, 6) is 1.60. The summed E-state index contributed by atoms with van der Waals surface area (Å²) in [5, 5.41) is 0. The average molecular weight is 362 g/mol. The molecule has 2 aromatic heterocycles. The fourth-order valence-corrected chi connectivity index (χ4v) is 3.42. The van der Waals surface area contributed by atoms with Crippen molar-refractivity contribution >= 4 is 5.91 Å². The van der Waals surface area contributed by atoms with Crippen LogP contribution < -0.4 is 0 Å². The molecule has 1 aliphatic rings. The molecule has 0 saturated carbocycles. The van der Waals surface area contributed by atoms with Gasteiger partial charge in [0.25, 0.3) is 5.91 Å². The molecule has 1 atom stereocenters. The van der Waals surface area contributed by atoms with E-state index in [1.807, 2.05) is 30.0 Å². The number of aryl methyl sites for hydroxylation is 1. The summed E-state index contributed by atoms with van der Waals surface area (Å²) in [6.45, 7) is 3.18. The number of aromatic nitrogens is 3. The number of amides is 1. The molecular formula is C21H22N4O2. The Bertz CT molecular complexity index is 905. The van der Waals surface area contributed by atoms with E-state index in [-0.39, 0.29) is 11.8 Å². The minimum atomic E-state index is -0.0803. The van der Waals surface area contributed by atoms with E-state index >= 15 is 0 Å². The van der Waals surface area contributed by atoms with Gasteiger partial charge >= 0.3 is 0 Å². The second kappa shape index (κ2) is 7.70. The fraction of sp³-hybridized carbons (Fsp3) is 0.333. The summed E-state index contributed by atoms with van der Waals surface area (Å²) >= 11 is 0. The standard InChI is InChI=1S/C21H22N4O2/c1-15-11-23-19(13-22-15)21(26)25-9-5-8-17(14-25)20-24-12-18(27-20)10-16-6-3-2-4-7-16/h2-4,6-7,11-13,17H,5,8-10,14H2,1H3/t17-/m0/s1. The Balaban J connectivity index is 1.44. The van der Waals surface area contributed by atoms with Crippen molar-refractivity contribution < 1.29 is 9.21 Å². The maximum atomic E-state index is 12.7. The number of piperidine rings is 1. The highest BCUT2D eigenvalue weighted by Crippen LogP contribution is 2.27. The van der Waals surface area contributed by atoms with Crippen molar-refractivity contribution in [3.05, 3.63) is 77.5 Å². The van der Waals surface area contributed by atoms with E-state index in [0.29, 0.717) is 18.1 Å². The van der Waals surface area contributed by atoms with Crippen LogP contribution in [0.3, 0.4) is 0 Å². The first-order valence-corrected chi connectivity index (χ1v) is 9.25. The number of carbonyl (C=O) groups is 1. The summed E-state index contributed by atoms with van der Waals surface area (Å²) in [5.41, 5.74) is 2.38. The van der Waals surface area contributed by atoms with E-state index in [1.165, 1.54) is 5.56 Å². The SMILES string of the molecule is Cc1cnc(C(=O)N2CCC[C@H](c3ncc(Cc4ccccc4)o3)C2)cn1. The molecule has 1 aliphatic heterocycles. The molecule has 6 nitrogen and oxygen atoms in total. The molecule has 3 aromatic rings. The Hall–Kier alpha value is -3.02. The minimum absolute atomic E-state index is 0.0803. The van der Waals surface area contributed by atoms with Crippen LogP contribution in [0.4, 0.5) is 0 Å². The second-order valence-corrected chi connectivity index (χ2v) is 6.96. The molecule has 6 heteroatoms. The van der Waals surface area contributed by atoms with E-state index in [1.54, 1.807) is 18.6 Å². The maximum Gasteiger partial charge on any atom is 0.274 e. The Morgan fingerprint density at radius 3 is 2.78 bits per heavy atom. The van der Waals surface area contributed by atoms with E-state index in [2.05, 4.69) is 27.1 Å². The van der Waals surface area contributed by atoms with Gasteiger partial charge in [0.1, 0.15) is 11.5 Å². The van der Waals surface area contributed by atoms with Crippen LogP contribution in [0.15, 0.2) is 53.3 Å². The maximum absolute atomic E-state index is 12.7. The average Bonchev–Trinajstić information content (AvgIpc) is 3.17. The first kappa shape index (κ1) is 17.4. The molecule has 1 aromatic carbocycles. The summed E-state index contributed by atoms with van der Waals surface area (Å²) in [7, 11) is 0. The highest BCUT2D eigenvalue weighted by Gasteiger charge is 2.29. The number of likely N-dealkylation sites (tertiary alicyclic amines) is 1. The lowest BCUT2D eigenvalue weighted by atomic mass is 9.98. The van der Waals surface area contributed by atoms with Gasteiger partial charge in [-0.15, -0.1) is 0 Å². The van der Waals surface area contributed by atoms with Crippen molar-refractivity contribution in [1.82, 2.24) is 19.9 Å². The molecule has 0 radical (unpaired) electrons. The molecule has 0 spiro atoms. The van der Waals surface area contributed by atoms with Gasteiger partial charge in [-0.05, 0) is 25.3 Å². The van der Waals surface area contributed by atoms with E-state index in [0.717, 1.165) is 37.3 Å². The number of hydrogen-bond donors (Lipinski definition) is 0. The monoisotopic (exact) mass is 362 g/mol. The number of carbonyl (C=O) groups excluding carboxylic acids is 1. The van der Waals surface area contributed by atoms with Crippen molar-refractivity contribution in [3.63, 3.8) is 0 Å². The third-order valence-electron chi connectivity index (χ3n) is 4.85. The van der Waals surface area contributed by atoms with Gasteiger partial charge in [0.2, 0.25) is 0 Å². The van der Waals surface area contributed by atoms with Gasteiger partial charge < -0.3 is 9.32 Å². The molecule has 1 fully saturated rings. The van der Waals surface area contributed by atoms with Gasteiger partial charge in [0.15, 0.2) is 5.89 Å². The lowest BCUT2D eigenvalue weighted by Gasteiger charge is -2.31. The third kappa shape index (κ3) is 4.05. The lowest BCUT2D eigenvalue weighted by Crippen LogP contribution is -2.39. The molecule has 0 N–H and O–H groups in total. The first-order valence-electron chi connectivity index (χ1n) is 9.25. The number of oxazole rings is 1. The van der Waals surface area contributed by atoms with Gasteiger partial charge in [0.05, 0.1) is 24.0 Å². The minimum Gasteiger partial charge on any atom is -0.445 e. The van der Waals surface area contributed by atoms with Crippen molar-refractivity contribution in [2.45, 2.75) is 32.1 Å². The normalized spacial score (nSPS) is 17.1. The number of nitrogens with zero attached hydrogens (tertiary/aromatic N) is 4. The number of benzene rings is 1. The summed E-state index contributed by atoms with van der Waals surface area (Å²) < 4.78 is 6.00. The van der Waals surface area contributed by atoms with E-state index in [4.69, 9.17) is 4.42 Å². The van der Waals surface area contributed by atoms with Gasteiger partial charge in [-0.25, -0.2) is 9.97 Å². The largest absolute Gasteiger partial charge is 0.445 e. The lowest BCUT2D eigenvalue weighted by molar-refractivity contribution is 0.0691. The first-order chi connectivity index (χ1) is 13.2. The molecule has 1 amide bonds. The van der Waals surface area contributed by atoms with Gasteiger partial charge in [0, 0.05) is 25.7 Å². The zero-order valence-electron chi connectivity index (χ0n) is 15.3. The topological polar surface area (TPSA) is 72.1 Å². The van der Waals surface area contributed by atoms with Crippen molar-refractivity contribution in [3.8, 4) is 0 Å².